The number of ketones is 1. The van der Waals surface area contributed by atoms with Gasteiger partial charge in [0.1, 0.15) is 5.76 Å². The van der Waals surface area contributed by atoms with Gasteiger partial charge in [0.05, 0.1) is 5.56 Å². The molecule has 0 bridgehead atoms. The average Bonchev–Trinajstić information content (AvgIpc) is 3.24. The second kappa shape index (κ2) is 7.02. The van der Waals surface area contributed by atoms with Gasteiger partial charge in [-0.15, -0.1) is 0 Å². The maximum Gasteiger partial charge on any atom is 0.287 e. The summed E-state index contributed by atoms with van der Waals surface area (Å²) >= 11 is 0. The fourth-order valence-corrected chi connectivity index (χ4v) is 3.84. The Morgan fingerprint density at radius 3 is 2.56 bits per heavy atom. The fraction of sp³-hybridized carbons (Fsp3) is 0.381. The van der Waals surface area contributed by atoms with Crippen molar-refractivity contribution < 1.29 is 18.8 Å². The molecule has 1 aliphatic heterocycles. The average molecular weight is 366 g/mol. The van der Waals surface area contributed by atoms with Crippen LogP contribution in [0.4, 0.5) is 5.69 Å². The lowest BCUT2D eigenvalue weighted by atomic mass is 9.94. The molecule has 1 aliphatic carbocycles. The Hall–Kier alpha value is -2.89. The predicted molar refractivity (Wildman–Crippen MR) is 99.9 cm³/mol. The first-order valence-electron chi connectivity index (χ1n) is 9.37. The Bertz CT molecular complexity index is 911. The molecule has 1 aromatic heterocycles. The van der Waals surface area contributed by atoms with Gasteiger partial charge in [0, 0.05) is 43.6 Å². The van der Waals surface area contributed by atoms with E-state index in [4.69, 9.17) is 4.42 Å². The summed E-state index contributed by atoms with van der Waals surface area (Å²) in [5.41, 5.74) is 3.05. The number of hydrogen-bond donors (Lipinski definition) is 1. The van der Waals surface area contributed by atoms with Crippen LogP contribution in [0.3, 0.4) is 0 Å². The minimum atomic E-state index is -0.312. The first kappa shape index (κ1) is 17.5. The molecule has 0 unspecified atom stereocenters. The van der Waals surface area contributed by atoms with E-state index in [0.29, 0.717) is 42.7 Å². The van der Waals surface area contributed by atoms with Crippen molar-refractivity contribution in [2.45, 2.75) is 45.6 Å². The van der Waals surface area contributed by atoms with Crippen molar-refractivity contribution in [1.29, 1.82) is 0 Å². The van der Waals surface area contributed by atoms with E-state index in [1.54, 1.807) is 11.8 Å². The third kappa shape index (κ3) is 3.27. The molecule has 1 fully saturated rings. The summed E-state index contributed by atoms with van der Waals surface area (Å²) in [6, 6.07) is 7.62. The summed E-state index contributed by atoms with van der Waals surface area (Å²) in [4.78, 5) is 38.2. The lowest BCUT2D eigenvalue weighted by molar-refractivity contribution is -0.117. The molecular weight excluding hydrogens is 344 g/mol. The minimum absolute atomic E-state index is 0.0589. The quantitative estimate of drug-likeness (QED) is 0.901. The van der Waals surface area contributed by atoms with E-state index in [0.717, 1.165) is 30.6 Å². The Morgan fingerprint density at radius 1 is 1.11 bits per heavy atom. The van der Waals surface area contributed by atoms with Gasteiger partial charge in [0.2, 0.25) is 5.91 Å². The summed E-state index contributed by atoms with van der Waals surface area (Å²) in [6.07, 6.45) is 3.48. The van der Waals surface area contributed by atoms with E-state index in [1.807, 2.05) is 24.3 Å². The van der Waals surface area contributed by atoms with E-state index in [-0.39, 0.29) is 23.4 Å². The van der Waals surface area contributed by atoms with Gasteiger partial charge in [-0.05, 0) is 37.5 Å². The number of nitrogens with zero attached hydrogens (tertiary/aromatic N) is 1. The molecule has 2 aliphatic rings. The number of furan rings is 1. The third-order valence-electron chi connectivity index (χ3n) is 5.29. The molecule has 140 valence electrons. The summed E-state index contributed by atoms with van der Waals surface area (Å²) in [5, 5.41) is 2.85. The number of amides is 2. The minimum Gasteiger partial charge on any atom is -0.455 e. The van der Waals surface area contributed by atoms with Gasteiger partial charge in [-0.1, -0.05) is 12.1 Å². The van der Waals surface area contributed by atoms with Gasteiger partial charge in [-0.25, -0.2) is 0 Å². The molecular formula is C21H22N2O4. The first-order chi connectivity index (χ1) is 13.0. The van der Waals surface area contributed by atoms with Crippen LogP contribution in [0, 0.1) is 6.92 Å². The van der Waals surface area contributed by atoms with Crippen molar-refractivity contribution >= 4 is 23.3 Å². The summed E-state index contributed by atoms with van der Waals surface area (Å²) in [5.74, 6) is 0.767. The maximum absolute atomic E-state index is 12.5. The van der Waals surface area contributed by atoms with Gasteiger partial charge in [0.25, 0.3) is 5.91 Å². The molecule has 1 aromatic carbocycles. The fourth-order valence-electron chi connectivity index (χ4n) is 3.84. The number of Topliss-reactive ketones (excluding diaryl/α,β-unsaturated/α-hetero) is 1. The molecule has 1 saturated heterocycles. The molecule has 4 rings (SSSR count). The lowest BCUT2D eigenvalue weighted by Gasteiger charge is -2.16. The monoisotopic (exact) mass is 366 g/mol. The normalized spacial score (nSPS) is 16.6. The SMILES string of the molecule is Cc1c(C(=O)NCc2ccc(N3CCCC3=O)cc2)oc2c1C(=O)CCC2. The van der Waals surface area contributed by atoms with Crippen molar-refractivity contribution in [2.75, 3.05) is 11.4 Å². The van der Waals surface area contributed by atoms with E-state index in [9.17, 15) is 14.4 Å². The van der Waals surface area contributed by atoms with Crippen LogP contribution >= 0.6 is 0 Å². The van der Waals surface area contributed by atoms with Gasteiger partial charge < -0.3 is 14.6 Å². The molecule has 27 heavy (non-hydrogen) atoms. The van der Waals surface area contributed by atoms with Crippen LogP contribution in [0.15, 0.2) is 28.7 Å². The molecule has 0 saturated carbocycles. The number of anilines is 1. The van der Waals surface area contributed by atoms with Crippen molar-refractivity contribution in [3.05, 3.63) is 52.5 Å². The number of fused-ring (bicyclic) bond motifs is 1. The molecule has 0 spiro atoms. The summed E-state index contributed by atoms with van der Waals surface area (Å²) in [7, 11) is 0. The van der Waals surface area contributed by atoms with Crippen LogP contribution in [0.25, 0.3) is 0 Å². The number of carbonyl (C=O) groups excluding carboxylic acids is 3. The highest BCUT2D eigenvalue weighted by molar-refractivity contribution is 6.03. The first-order valence-corrected chi connectivity index (χ1v) is 9.37. The van der Waals surface area contributed by atoms with Gasteiger partial charge in [-0.3, -0.25) is 14.4 Å². The highest BCUT2D eigenvalue weighted by Crippen LogP contribution is 2.29. The zero-order chi connectivity index (χ0) is 19.0. The zero-order valence-corrected chi connectivity index (χ0v) is 15.3. The molecule has 2 amide bonds. The van der Waals surface area contributed by atoms with Crippen molar-refractivity contribution in [3.63, 3.8) is 0 Å². The number of rotatable bonds is 4. The largest absolute Gasteiger partial charge is 0.455 e. The van der Waals surface area contributed by atoms with Crippen LogP contribution in [-0.2, 0) is 17.8 Å². The van der Waals surface area contributed by atoms with Crippen molar-refractivity contribution in [2.24, 2.45) is 0 Å². The van der Waals surface area contributed by atoms with Gasteiger partial charge >= 0.3 is 0 Å². The number of carbonyl (C=O) groups is 3. The molecule has 6 nitrogen and oxygen atoms in total. The lowest BCUT2D eigenvalue weighted by Crippen LogP contribution is -2.24. The summed E-state index contributed by atoms with van der Waals surface area (Å²) in [6.45, 7) is 2.88. The van der Waals surface area contributed by atoms with Crippen molar-refractivity contribution in [3.8, 4) is 0 Å². The summed E-state index contributed by atoms with van der Waals surface area (Å²) < 4.78 is 5.68. The highest BCUT2D eigenvalue weighted by atomic mass is 16.4. The topological polar surface area (TPSA) is 79.6 Å². The Balaban J connectivity index is 1.42. The molecule has 2 aromatic rings. The molecule has 0 radical (unpaired) electrons. The Kier molecular flexibility index (Phi) is 4.56. The Morgan fingerprint density at radius 2 is 1.89 bits per heavy atom. The standard InChI is InChI=1S/C21H22N2O4/c1-13-19-16(24)4-2-5-17(19)27-20(13)21(26)22-12-14-7-9-15(10-8-14)23-11-3-6-18(23)25/h7-10H,2-6,11-12H2,1H3,(H,22,26). The van der Waals surface area contributed by atoms with E-state index in [1.165, 1.54) is 0 Å². The molecule has 1 N–H and O–H groups in total. The molecule has 2 heterocycles. The maximum atomic E-state index is 12.5. The van der Waals surface area contributed by atoms with Crippen LogP contribution in [-0.4, -0.2) is 24.1 Å². The molecule has 0 atom stereocenters. The van der Waals surface area contributed by atoms with Crippen LogP contribution in [0.1, 0.15) is 63.5 Å². The zero-order valence-electron chi connectivity index (χ0n) is 15.3. The highest BCUT2D eigenvalue weighted by Gasteiger charge is 2.28. The van der Waals surface area contributed by atoms with E-state index < -0.39 is 0 Å². The second-order valence-electron chi connectivity index (χ2n) is 7.13. The van der Waals surface area contributed by atoms with E-state index in [2.05, 4.69) is 5.32 Å². The number of aryl methyl sites for hydroxylation is 1. The van der Waals surface area contributed by atoms with Crippen molar-refractivity contribution in [1.82, 2.24) is 5.32 Å². The number of nitrogens with one attached hydrogen (secondary N) is 1. The van der Waals surface area contributed by atoms with Crippen LogP contribution in [0.2, 0.25) is 0 Å². The molecule has 6 heteroatoms. The second-order valence-corrected chi connectivity index (χ2v) is 7.13. The third-order valence-corrected chi connectivity index (χ3v) is 5.29. The Labute approximate surface area is 157 Å². The van der Waals surface area contributed by atoms with E-state index >= 15 is 0 Å². The smallest absolute Gasteiger partial charge is 0.287 e. The number of hydrogen-bond acceptors (Lipinski definition) is 4. The number of benzene rings is 1. The van der Waals surface area contributed by atoms with Crippen LogP contribution in [0.5, 0.6) is 0 Å². The predicted octanol–water partition coefficient (Wildman–Crippen LogP) is 3.16. The van der Waals surface area contributed by atoms with Crippen LogP contribution < -0.4 is 10.2 Å². The van der Waals surface area contributed by atoms with Gasteiger partial charge in [-0.2, -0.15) is 0 Å². The van der Waals surface area contributed by atoms with Gasteiger partial charge in [0.15, 0.2) is 11.5 Å².